The number of nitrogens with zero attached hydrogens (tertiary/aromatic N) is 3. The number of ether oxygens (including phenoxy) is 1. The maximum Gasteiger partial charge on any atom is 0.181 e. The molecule has 5 heteroatoms. The van der Waals surface area contributed by atoms with Crippen LogP contribution in [-0.4, -0.2) is 40.3 Å². The highest BCUT2D eigenvalue weighted by Crippen LogP contribution is 2.24. The van der Waals surface area contributed by atoms with Crippen LogP contribution in [0.3, 0.4) is 0 Å². The SMILES string of the molecule is COc1cccc(-c2nc(-c3cccc(CN4CCCC4)c3)n[nH]2)c1. The van der Waals surface area contributed by atoms with Crippen molar-refractivity contribution in [2.75, 3.05) is 20.2 Å². The van der Waals surface area contributed by atoms with Crippen molar-refractivity contribution in [2.45, 2.75) is 19.4 Å². The Kier molecular flexibility index (Phi) is 4.48. The van der Waals surface area contributed by atoms with Crippen molar-refractivity contribution in [1.82, 2.24) is 20.1 Å². The highest BCUT2D eigenvalue weighted by molar-refractivity contribution is 5.62. The number of hydrogen-bond donors (Lipinski definition) is 1. The summed E-state index contributed by atoms with van der Waals surface area (Å²) in [4.78, 5) is 7.16. The minimum absolute atomic E-state index is 0.723. The monoisotopic (exact) mass is 334 g/mol. The number of nitrogens with one attached hydrogen (secondary N) is 1. The van der Waals surface area contributed by atoms with Gasteiger partial charge in [0.05, 0.1) is 7.11 Å². The number of aromatic amines is 1. The Labute approximate surface area is 147 Å². The molecule has 3 aromatic rings. The zero-order valence-electron chi connectivity index (χ0n) is 14.4. The molecule has 1 aromatic heterocycles. The maximum atomic E-state index is 5.28. The van der Waals surface area contributed by atoms with Crippen LogP contribution in [0.15, 0.2) is 48.5 Å². The standard InChI is InChI=1S/C20H22N4O/c1-25-18-9-5-8-17(13-18)20-21-19(22-23-20)16-7-4-6-15(12-16)14-24-10-2-3-11-24/h4-9,12-13H,2-3,10-11,14H2,1H3,(H,21,22,23). The van der Waals surface area contributed by atoms with Gasteiger partial charge >= 0.3 is 0 Å². The molecular weight excluding hydrogens is 312 g/mol. The normalized spacial score (nSPS) is 14.8. The number of H-pyrrole nitrogens is 1. The molecule has 0 atom stereocenters. The number of benzene rings is 2. The summed E-state index contributed by atoms with van der Waals surface area (Å²) in [6, 6.07) is 16.3. The highest BCUT2D eigenvalue weighted by Gasteiger charge is 2.13. The van der Waals surface area contributed by atoms with E-state index < -0.39 is 0 Å². The van der Waals surface area contributed by atoms with Gasteiger partial charge in [-0.05, 0) is 49.7 Å². The lowest BCUT2D eigenvalue weighted by atomic mass is 10.1. The van der Waals surface area contributed by atoms with E-state index in [1.54, 1.807) is 7.11 Å². The first kappa shape index (κ1) is 15.8. The summed E-state index contributed by atoms with van der Waals surface area (Å²) >= 11 is 0. The van der Waals surface area contributed by atoms with E-state index in [9.17, 15) is 0 Å². The minimum Gasteiger partial charge on any atom is -0.497 e. The van der Waals surface area contributed by atoms with Gasteiger partial charge in [-0.3, -0.25) is 10.00 Å². The van der Waals surface area contributed by atoms with Gasteiger partial charge in [-0.2, -0.15) is 5.10 Å². The Morgan fingerprint density at radius 1 is 1.04 bits per heavy atom. The van der Waals surface area contributed by atoms with Crippen LogP contribution in [-0.2, 0) is 6.54 Å². The fraction of sp³-hybridized carbons (Fsp3) is 0.300. The van der Waals surface area contributed by atoms with Gasteiger partial charge in [-0.1, -0.05) is 30.3 Å². The number of likely N-dealkylation sites (tertiary alicyclic amines) is 1. The van der Waals surface area contributed by atoms with Crippen molar-refractivity contribution in [3.63, 3.8) is 0 Å². The third-order valence-electron chi connectivity index (χ3n) is 4.62. The molecule has 0 radical (unpaired) electrons. The number of methoxy groups -OCH3 is 1. The van der Waals surface area contributed by atoms with Crippen LogP contribution in [0.1, 0.15) is 18.4 Å². The highest BCUT2D eigenvalue weighted by atomic mass is 16.5. The van der Waals surface area contributed by atoms with Crippen LogP contribution >= 0.6 is 0 Å². The van der Waals surface area contributed by atoms with Gasteiger partial charge in [-0.15, -0.1) is 0 Å². The fourth-order valence-corrected chi connectivity index (χ4v) is 3.30. The predicted octanol–water partition coefficient (Wildman–Crippen LogP) is 3.74. The summed E-state index contributed by atoms with van der Waals surface area (Å²) in [5.41, 5.74) is 3.32. The van der Waals surface area contributed by atoms with Crippen molar-refractivity contribution in [3.8, 4) is 28.5 Å². The first-order chi connectivity index (χ1) is 12.3. The molecule has 0 amide bonds. The molecule has 1 aliphatic heterocycles. The quantitative estimate of drug-likeness (QED) is 0.772. The average Bonchev–Trinajstić information content (AvgIpc) is 3.34. The first-order valence-electron chi connectivity index (χ1n) is 8.70. The predicted molar refractivity (Wildman–Crippen MR) is 98.3 cm³/mol. The molecule has 0 aliphatic carbocycles. The molecule has 4 rings (SSSR count). The molecule has 1 saturated heterocycles. The van der Waals surface area contributed by atoms with E-state index in [1.807, 2.05) is 24.3 Å². The van der Waals surface area contributed by atoms with Gasteiger partial charge in [0.1, 0.15) is 5.75 Å². The molecule has 2 heterocycles. The average molecular weight is 334 g/mol. The van der Waals surface area contributed by atoms with Crippen LogP contribution in [0, 0.1) is 0 Å². The largest absolute Gasteiger partial charge is 0.497 e. The Balaban J connectivity index is 1.57. The van der Waals surface area contributed by atoms with Gasteiger partial charge in [0.25, 0.3) is 0 Å². The molecule has 2 aromatic carbocycles. The molecule has 0 bridgehead atoms. The van der Waals surface area contributed by atoms with Crippen molar-refractivity contribution >= 4 is 0 Å². The topological polar surface area (TPSA) is 54.0 Å². The lowest BCUT2D eigenvalue weighted by Gasteiger charge is -2.14. The molecule has 5 nitrogen and oxygen atoms in total. The van der Waals surface area contributed by atoms with Crippen LogP contribution in [0.5, 0.6) is 5.75 Å². The Morgan fingerprint density at radius 3 is 2.68 bits per heavy atom. The van der Waals surface area contributed by atoms with Crippen LogP contribution in [0.4, 0.5) is 0 Å². The number of aromatic nitrogens is 3. The van der Waals surface area contributed by atoms with Crippen LogP contribution in [0.25, 0.3) is 22.8 Å². The summed E-state index contributed by atoms with van der Waals surface area (Å²) in [7, 11) is 1.66. The molecule has 0 unspecified atom stereocenters. The van der Waals surface area contributed by atoms with Crippen LogP contribution in [0.2, 0.25) is 0 Å². The van der Waals surface area contributed by atoms with E-state index in [-0.39, 0.29) is 0 Å². The second-order valence-electron chi connectivity index (χ2n) is 6.42. The van der Waals surface area contributed by atoms with E-state index in [1.165, 1.54) is 31.5 Å². The summed E-state index contributed by atoms with van der Waals surface area (Å²) in [6.45, 7) is 3.40. The molecular formula is C20H22N4O. The summed E-state index contributed by atoms with van der Waals surface area (Å²) < 4.78 is 5.28. The smallest absolute Gasteiger partial charge is 0.181 e. The van der Waals surface area contributed by atoms with E-state index in [0.717, 1.165) is 35.1 Å². The van der Waals surface area contributed by atoms with Gasteiger partial charge in [-0.25, -0.2) is 4.98 Å². The molecule has 0 saturated carbocycles. The second-order valence-corrected chi connectivity index (χ2v) is 6.42. The third kappa shape index (κ3) is 3.56. The van der Waals surface area contributed by atoms with Crippen LogP contribution < -0.4 is 4.74 Å². The molecule has 1 fully saturated rings. The summed E-state index contributed by atoms with van der Waals surface area (Å²) in [5, 5.41) is 7.44. The number of hydrogen-bond acceptors (Lipinski definition) is 4. The van der Waals surface area contributed by atoms with E-state index in [2.05, 4.69) is 44.3 Å². The first-order valence-corrected chi connectivity index (χ1v) is 8.70. The molecule has 25 heavy (non-hydrogen) atoms. The van der Waals surface area contributed by atoms with E-state index in [4.69, 9.17) is 4.74 Å². The van der Waals surface area contributed by atoms with Gasteiger partial charge < -0.3 is 4.74 Å². The fourth-order valence-electron chi connectivity index (χ4n) is 3.30. The molecule has 1 aliphatic rings. The van der Waals surface area contributed by atoms with Crippen molar-refractivity contribution in [1.29, 1.82) is 0 Å². The van der Waals surface area contributed by atoms with Gasteiger partial charge in [0, 0.05) is 17.7 Å². The van der Waals surface area contributed by atoms with Crippen molar-refractivity contribution < 1.29 is 4.74 Å². The van der Waals surface area contributed by atoms with E-state index in [0.29, 0.717) is 0 Å². The van der Waals surface area contributed by atoms with Crippen molar-refractivity contribution in [2.24, 2.45) is 0 Å². The zero-order valence-corrected chi connectivity index (χ0v) is 14.4. The third-order valence-corrected chi connectivity index (χ3v) is 4.62. The lowest BCUT2D eigenvalue weighted by molar-refractivity contribution is 0.331. The van der Waals surface area contributed by atoms with Gasteiger partial charge in [0.2, 0.25) is 0 Å². The zero-order chi connectivity index (χ0) is 17.1. The summed E-state index contributed by atoms with van der Waals surface area (Å²) in [5.74, 6) is 2.28. The molecule has 128 valence electrons. The van der Waals surface area contributed by atoms with E-state index >= 15 is 0 Å². The Morgan fingerprint density at radius 2 is 1.84 bits per heavy atom. The number of rotatable bonds is 5. The lowest BCUT2D eigenvalue weighted by Crippen LogP contribution is -2.18. The Bertz CT molecular complexity index is 852. The van der Waals surface area contributed by atoms with Gasteiger partial charge in [0.15, 0.2) is 11.6 Å². The summed E-state index contributed by atoms with van der Waals surface area (Å²) in [6.07, 6.45) is 2.62. The molecule has 0 spiro atoms. The Hall–Kier alpha value is -2.66. The second kappa shape index (κ2) is 7.07. The maximum absolute atomic E-state index is 5.28. The van der Waals surface area contributed by atoms with Crippen molar-refractivity contribution in [3.05, 3.63) is 54.1 Å². The minimum atomic E-state index is 0.723. The molecule has 1 N–H and O–H groups in total.